The molecule has 0 radical (unpaired) electrons. The van der Waals surface area contributed by atoms with Gasteiger partial charge in [-0.2, -0.15) is 0 Å². The SMILES string of the molecule is CC(=Cc1sc(C)nc1C)CNC(C)(C)C. The summed E-state index contributed by atoms with van der Waals surface area (Å²) in [5.74, 6) is 0. The lowest BCUT2D eigenvalue weighted by atomic mass is 10.1. The zero-order valence-electron chi connectivity index (χ0n) is 11.1. The van der Waals surface area contributed by atoms with Crippen LogP contribution >= 0.6 is 11.3 Å². The molecule has 0 aliphatic heterocycles. The predicted octanol–water partition coefficient (Wildman–Crippen LogP) is 3.55. The van der Waals surface area contributed by atoms with Crippen LogP contribution in [0.1, 0.15) is 43.3 Å². The Balaban J connectivity index is 2.66. The smallest absolute Gasteiger partial charge is 0.0903 e. The van der Waals surface area contributed by atoms with E-state index in [1.807, 2.05) is 0 Å². The van der Waals surface area contributed by atoms with Gasteiger partial charge >= 0.3 is 0 Å². The molecular formula is C13H22N2S. The lowest BCUT2D eigenvalue weighted by molar-refractivity contribution is 0.445. The molecule has 0 aliphatic carbocycles. The summed E-state index contributed by atoms with van der Waals surface area (Å²) in [4.78, 5) is 5.71. The molecule has 0 spiro atoms. The molecule has 2 nitrogen and oxygen atoms in total. The number of aryl methyl sites for hydroxylation is 2. The first-order valence-electron chi connectivity index (χ1n) is 5.64. The Morgan fingerprint density at radius 1 is 1.38 bits per heavy atom. The van der Waals surface area contributed by atoms with Crippen LogP contribution in [0.3, 0.4) is 0 Å². The van der Waals surface area contributed by atoms with Gasteiger partial charge in [-0.05, 0) is 47.6 Å². The number of hydrogen-bond acceptors (Lipinski definition) is 3. The zero-order valence-corrected chi connectivity index (χ0v) is 12.0. The first-order chi connectivity index (χ1) is 7.28. The van der Waals surface area contributed by atoms with Crippen molar-refractivity contribution in [2.45, 2.75) is 47.1 Å². The summed E-state index contributed by atoms with van der Waals surface area (Å²) in [7, 11) is 0. The number of rotatable bonds is 3. The monoisotopic (exact) mass is 238 g/mol. The predicted molar refractivity (Wildman–Crippen MR) is 73.0 cm³/mol. The van der Waals surface area contributed by atoms with Crippen LogP contribution in [0.5, 0.6) is 0 Å². The highest BCUT2D eigenvalue weighted by Gasteiger charge is 2.08. The van der Waals surface area contributed by atoms with Crippen molar-refractivity contribution in [2.24, 2.45) is 0 Å². The minimum atomic E-state index is 0.174. The number of thiazole rings is 1. The quantitative estimate of drug-likeness (QED) is 0.871. The molecule has 16 heavy (non-hydrogen) atoms. The molecule has 0 amide bonds. The maximum Gasteiger partial charge on any atom is 0.0903 e. The Hall–Kier alpha value is -0.670. The van der Waals surface area contributed by atoms with Gasteiger partial charge in [-0.15, -0.1) is 11.3 Å². The van der Waals surface area contributed by atoms with E-state index in [-0.39, 0.29) is 5.54 Å². The number of nitrogens with zero attached hydrogens (tertiary/aromatic N) is 1. The number of aromatic nitrogens is 1. The van der Waals surface area contributed by atoms with Crippen LogP contribution in [-0.2, 0) is 0 Å². The third kappa shape index (κ3) is 4.45. The lowest BCUT2D eigenvalue weighted by Crippen LogP contribution is -2.36. The minimum Gasteiger partial charge on any atom is -0.308 e. The second-order valence-corrected chi connectivity index (χ2v) is 6.51. The molecule has 1 heterocycles. The van der Waals surface area contributed by atoms with Gasteiger partial charge in [0, 0.05) is 12.1 Å². The van der Waals surface area contributed by atoms with E-state index in [2.05, 4.69) is 57.9 Å². The van der Waals surface area contributed by atoms with Gasteiger partial charge in [0.05, 0.1) is 15.6 Å². The van der Waals surface area contributed by atoms with Crippen molar-refractivity contribution < 1.29 is 0 Å². The third-order valence-corrected chi connectivity index (χ3v) is 3.23. The van der Waals surface area contributed by atoms with Crippen molar-refractivity contribution in [3.8, 4) is 0 Å². The molecule has 0 saturated carbocycles. The van der Waals surface area contributed by atoms with Gasteiger partial charge in [0.1, 0.15) is 0 Å². The van der Waals surface area contributed by atoms with Crippen LogP contribution in [0.15, 0.2) is 5.57 Å². The van der Waals surface area contributed by atoms with Crippen molar-refractivity contribution in [3.63, 3.8) is 0 Å². The lowest BCUT2D eigenvalue weighted by Gasteiger charge is -2.20. The summed E-state index contributed by atoms with van der Waals surface area (Å²) in [5, 5.41) is 4.62. The summed E-state index contributed by atoms with van der Waals surface area (Å²) < 4.78 is 0. The molecule has 0 unspecified atom stereocenters. The zero-order chi connectivity index (χ0) is 12.3. The highest BCUT2D eigenvalue weighted by atomic mass is 32.1. The normalized spacial score (nSPS) is 13.2. The fraction of sp³-hybridized carbons (Fsp3) is 0.615. The molecule has 90 valence electrons. The largest absolute Gasteiger partial charge is 0.308 e. The van der Waals surface area contributed by atoms with Gasteiger partial charge < -0.3 is 5.32 Å². The Labute approximate surface area is 103 Å². The van der Waals surface area contributed by atoms with Crippen LogP contribution in [0.25, 0.3) is 6.08 Å². The summed E-state index contributed by atoms with van der Waals surface area (Å²) in [6, 6.07) is 0. The first kappa shape index (κ1) is 13.4. The first-order valence-corrected chi connectivity index (χ1v) is 6.46. The van der Waals surface area contributed by atoms with Crippen molar-refractivity contribution in [2.75, 3.05) is 6.54 Å². The maximum absolute atomic E-state index is 4.43. The fourth-order valence-electron chi connectivity index (χ4n) is 1.36. The summed E-state index contributed by atoms with van der Waals surface area (Å²) in [6.45, 7) is 13.8. The average Bonchev–Trinajstić information content (AvgIpc) is 2.41. The molecule has 0 aromatic carbocycles. The van der Waals surface area contributed by atoms with Gasteiger partial charge in [-0.25, -0.2) is 4.98 Å². The molecular weight excluding hydrogens is 216 g/mol. The van der Waals surface area contributed by atoms with Crippen LogP contribution in [0.4, 0.5) is 0 Å². The topological polar surface area (TPSA) is 24.9 Å². The highest BCUT2D eigenvalue weighted by molar-refractivity contribution is 7.12. The summed E-state index contributed by atoms with van der Waals surface area (Å²) in [6.07, 6.45) is 2.23. The van der Waals surface area contributed by atoms with Crippen LogP contribution in [-0.4, -0.2) is 17.1 Å². The Bertz CT molecular complexity index is 383. The van der Waals surface area contributed by atoms with E-state index in [0.29, 0.717) is 0 Å². The molecule has 0 saturated heterocycles. The van der Waals surface area contributed by atoms with E-state index in [9.17, 15) is 0 Å². The van der Waals surface area contributed by atoms with Crippen LogP contribution in [0.2, 0.25) is 0 Å². The molecule has 3 heteroatoms. The number of hydrogen-bond donors (Lipinski definition) is 1. The Morgan fingerprint density at radius 2 is 2.00 bits per heavy atom. The molecule has 1 rings (SSSR count). The van der Waals surface area contributed by atoms with Gasteiger partial charge in [0.25, 0.3) is 0 Å². The molecule has 1 aromatic rings. The molecule has 0 aliphatic rings. The van der Waals surface area contributed by atoms with Crippen molar-refractivity contribution >= 4 is 17.4 Å². The molecule has 0 atom stereocenters. The second-order valence-electron chi connectivity index (χ2n) is 5.28. The van der Waals surface area contributed by atoms with E-state index in [1.165, 1.54) is 10.5 Å². The van der Waals surface area contributed by atoms with Gasteiger partial charge in [-0.1, -0.05) is 5.57 Å². The number of nitrogens with one attached hydrogen (secondary N) is 1. The Morgan fingerprint density at radius 3 is 2.44 bits per heavy atom. The van der Waals surface area contributed by atoms with E-state index in [0.717, 1.165) is 17.2 Å². The molecule has 1 N–H and O–H groups in total. The van der Waals surface area contributed by atoms with E-state index < -0.39 is 0 Å². The Kier molecular flexibility index (Phi) is 4.28. The van der Waals surface area contributed by atoms with E-state index >= 15 is 0 Å². The second kappa shape index (κ2) is 5.11. The van der Waals surface area contributed by atoms with Crippen LogP contribution < -0.4 is 5.32 Å². The van der Waals surface area contributed by atoms with E-state index in [4.69, 9.17) is 0 Å². The standard InChI is InChI=1S/C13H22N2S/c1-9(8-14-13(4,5)6)7-12-10(2)15-11(3)16-12/h7,14H,8H2,1-6H3. The van der Waals surface area contributed by atoms with Gasteiger partial charge in [0.15, 0.2) is 0 Å². The van der Waals surface area contributed by atoms with Gasteiger partial charge in [0.2, 0.25) is 0 Å². The van der Waals surface area contributed by atoms with Gasteiger partial charge in [-0.3, -0.25) is 0 Å². The third-order valence-electron chi connectivity index (χ3n) is 2.21. The summed E-state index contributed by atoms with van der Waals surface area (Å²) >= 11 is 1.76. The molecule has 0 fully saturated rings. The average molecular weight is 238 g/mol. The fourth-order valence-corrected chi connectivity index (χ4v) is 2.31. The summed E-state index contributed by atoms with van der Waals surface area (Å²) in [5.41, 5.74) is 2.66. The highest BCUT2D eigenvalue weighted by Crippen LogP contribution is 2.20. The molecule has 1 aromatic heterocycles. The molecule has 0 bridgehead atoms. The minimum absolute atomic E-state index is 0.174. The van der Waals surface area contributed by atoms with Crippen molar-refractivity contribution in [1.82, 2.24) is 10.3 Å². The van der Waals surface area contributed by atoms with Crippen molar-refractivity contribution in [1.29, 1.82) is 0 Å². The van der Waals surface area contributed by atoms with Crippen LogP contribution in [0, 0.1) is 13.8 Å². The van der Waals surface area contributed by atoms with Crippen molar-refractivity contribution in [3.05, 3.63) is 21.2 Å². The van der Waals surface area contributed by atoms with E-state index in [1.54, 1.807) is 11.3 Å². The maximum atomic E-state index is 4.43.